The SMILES string of the molecule is CCC1C2=C(CC(C)(C)CC2=O)Nc2ccccc2N1CC(=O)N1CCN(c2ccccn2)CC1.Cl. The van der Waals surface area contributed by atoms with Crippen molar-refractivity contribution in [1.29, 1.82) is 0 Å². The lowest BCUT2D eigenvalue weighted by molar-refractivity contribution is -0.130. The van der Waals surface area contributed by atoms with Crippen LogP contribution in [-0.2, 0) is 9.59 Å². The highest BCUT2D eigenvalue weighted by Crippen LogP contribution is 2.44. The number of carbonyl (C=O) groups is 2. The molecule has 7 nitrogen and oxygen atoms in total. The van der Waals surface area contributed by atoms with Crippen molar-refractivity contribution < 1.29 is 9.59 Å². The van der Waals surface area contributed by atoms with Crippen LogP contribution >= 0.6 is 12.4 Å². The van der Waals surface area contributed by atoms with E-state index in [0.717, 1.165) is 54.4 Å². The molecule has 8 heteroatoms. The van der Waals surface area contributed by atoms with Crippen LogP contribution in [0, 0.1) is 5.41 Å². The maximum absolute atomic E-state index is 13.6. The molecule has 36 heavy (non-hydrogen) atoms. The average Bonchev–Trinajstić information content (AvgIpc) is 2.98. The number of hydrogen-bond donors (Lipinski definition) is 1. The summed E-state index contributed by atoms with van der Waals surface area (Å²) in [5.41, 5.74) is 3.75. The molecule has 2 aliphatic heterocycles. The number of piperazine rings is 1. The Morgan fingerprint density at radius 3 is 2.47 bits per heavy atom. The van der Waals surface area contributed by atoms with Crippen LogP contribution in [0.4, 0.5) is 17.2 Å². The molecular formula is C28H36ClN5O2. The van der Waals surface area contributed by atoms with Crippen molar-refractivity contribution in [3.05, 3.63) is 59.9 Å². The topological polar surface area (TPSA) is 68.8 Å². The van der Waals surface area contributed by atoms with Gasteiger partial charge in [-0.1, -0.05) is 39.0 Å². The van der Waals surface area contributed by atoms with Gasteiger partial charge in [-0.3, -0.25) is 9.59 Å². The molecular weight excluding hydrogens is 474 g/mol. The molecule has 1 fully saturated rings. The molecule has 1 aliphatic carbocycles. The van der Waals surface area contributed by atoms with E-state index in [1.165, 1.54) is 0 Å². The maximum atomic E-state index is 13.6. The van der Waals surface area contributed by atoms with E-state index in [1.54, 1.807) is 6.20 Å². The molecule has 1 amide bonds. The Morgan fingerprint density at radius 2 is 1.78 bits per heavy atom. The van der Waals surface area contributed by atoms with Gasteiger partial charge < -0.3 is 20.0 Å². The number of anilines is 3. The molecule has 1 saturated heterocycles. The first-order chi connectivity index (χ1) is 16.9. The number of pyridine rings is 1. The van der Waals surface area contributed by atoms with Crippen molar-refractivity contribution in [1.82, 2.24) is 9.88 Å². The Balaban J connectivity index is 0.00000304. The lowest BCUT2D eigenvalue weighted by atomic mass is 9.74. The standard InChI is InChI=1S/C28H35N5O2.ClH/c1-4-22-27-21(17-28(2,3)18-24(27)34)30-20-9-5-6-10-23(20)33(22)19-26(35)32-15-13-31(14-16-32)25-11-7-8-12-29-25;/h5-12,22,30H,4,13-19H2,1-3H3;1H. The number of allylic oxidation sites excluding steroid dienone is 1. The summed E-state index contributed by atoms with van der Waals surface area (Å²) in [6, 6.07) is 13.9. The summed E-state index contributed by atoms with van der Waals surface area (Å²) in [6.45, 7) is 9.54. The van der Waals surface area contributed by atoms with Crippen LogP contribution in [-0.4, -0.2) is 60.3 Å². The molecule has 3 aliphatic rings. The lowest BCUT2D eigenvalue weighted by Crippen LogP contribution is -2.53. The highest BCUT2D eigenvalue weighted by atomic mass is 35.5. The number of aromatic nitrogens is 1. The third kappa shape index (κ3) is 5.07. The molecule has 1 N–H and O–H groups in total. The zero-order chi connectivity index (χ0) is 24.6. The monoisotopic (exact) mass is 509 g/mol. The van der Waals surface area contributed by atoms with Crippen LogP contribution in [0.15, 0.2) is 59.9 Å². The fourth-order valence-corrected chi connectivity index (χ4v) is 5.74. The predicted molar refractivity (Wildman–Crippen MR) is 147 cm³/mol. The molecule has 1 atom stereocenters. The molecule has 2 aromatic rings. The summed E-state index contributed by atoms with van der Waals surface area (Å²) in [5.74, 6) is 1.26. The van der Waals surface area contributed by atoms with Crippen molar-refractivity contribution in [3.63, 3.8) is 0 Å². The van der Waals surface area contributed by atoms with Gasteiger partial charge in [0.15, 0.2) is 5.78 Å². The van der Waals surface area contributed by atoms with Gasteiger partial charge in [0, 0.05) is 50.1 Å². The Morgan fingerprint density at radius 1 is 1.06 bits per heavy atom. The summed E-state index contributed by atoms with van der Waals surface area (Å²) in [6.07, 6.45) is 3.94. The molecule has 0 saturated carbocycles. The molecule has 0 bridgehead atoms. The van der Waals surface area contributed by atoms with E-state index in [2.05, 4.69) is 46.9 Å². The third-order valence-corrected chi connectivity index (χ3v) is 7.43. The molecule has 1 aromatic heterocycles. The Labute approximate surface area is 220 Å². The van der Waals surface area contributed by atoms with E-state index >= 15 is 0 Å². The fraction of sp³-hybridized carbons (Fsp3) is 0.464. The minimum absolute atomic E-state index is 0. The van der Waals surface area contributed by atoms with Crippen molar-refractivity contribution in [3.8, 4) is 0 Å². The zero-order valence-electron chi connectivity index (χ0n) is 21.4. The molecule has 5 rings (SSSR count). The van der Waals surface area contributed by atoms with Crippen molar-refractivity contribution in [2.24, 2.45) is 5.41 Å². The van der Waals surface area contributed by atoms with Gasteiger partial charge in [-0.2, -0.15) is 0 Å². The van der Waals surface area contributed by atoms with Gasteiger partial charge in [-0.15, -0.1) is 12.4 Å². The number of benzene rings is 1. The van der Waals surface area contributed by atoms with E-state index in [4.69, 9.17) is 0 Å². The minimum atomic E-state index is -0.122. The smallest absolute Gasteiger partial charge is 0.242 e. The quantitative estimate of drug-likeness (QED) is 0.654. The summed E-state index contributed by atoms with van der Waals surface area (Å²) >= 11 is 0. The first kappa shape index (κ1) is 26.0. The van der Waals surface area contributed by atoms with E-state index in [-0.39, 0.29) is 42.1 Å². The summed E-state index contributed by atoms with van der Waals surface area (Å²) in [5, 5.41) is 3.60. The molecule has 0 radical (unpaired) electrons. The molecule has 1 aromatic carbocycles. The molecule has 3 heterocycles. The number of nitrogens with zero attached hydrogens (tertiary/aromatic N) is 4. The first-order valence-electron chi connectivity index (χ1n) is 12.7. The fourth-order valence-electron chi connectivity index (χ4n) is 5.74. The number of amides is 1. The van der Waals surface area contributed by atoms with E-state index in [1.807, 2.05) is 41.3 Å². The number of fused-ring (bicyclic) bond motifs is 1. The second-order valence-electron chi connectivity index (χ2n) is 10.6. The van der Waals surface area contributed by atoms with Gasteiger partial charge in [-0.25, -0.2) is 4.98 Å². The predicted octanol–water partition coefficient (Wildman–Crippen LogP) is 4.51. The molecule has 192 valence electrons. The number of rotatable bonds is 4. The third-order valence-electron chi connectivity index (χ3n) is 7.43. The van der Waals surface area contributed by atoms with Crippen LogP contribution < -0.4 is 15.1 Å². The van der Waals surface area contributed by atoms with Crippen LogP contribution in [0.25, 0.3) is 0 Å². The number of ketones is 1. The van der Waals surface area contributed by atoms with E-state index in [9.17, 15) is 9.59 Å². The van der Waals surface area contributed by atoms with Crippen molar-refractivity contribution in [2.45, 2.75) is 46.1 Å². The summed E-state index contributed by atoms with van der Waals surface area (Å²) in [4.78, 5) is 37.7. The van der Waals surface area contributed by atoms with Gasteiger partial charge in [0.2, 0.25) is 5.91 Å². The van der Waals surface area contributed by atoms with Crippen LogP contribution in [0.5, 0.6) is 0 Å². The number of para-hydroxylation sites is 2. The highest BCUT2D eigenvalue weighted by molar-refractivity contribution is 6.01. The Hall–Kier alpha value is -3.06. The second-order valence-corrected chi connectivity index (χ2v) is 10.6. The molecule has 1 unspecified atom stereocenters. The van der Waals surface area contributed by atoms with Crippen LogP contribution in [0.2, 0.25) is 0 Å². The minimum Gasteiger partial charge on any atom is -0.357 e. The van der Waals surface area contributed by atoms with Crippen molar-refractivity contribution in [2.75, 3.05) is 47.8 Å². The number of carbonyl (C=O) groups excluding carboxylic acids is 2. The van der Waals surface area contributed by atoms with E-state index < -0.39 is 0 Å². The normalized spacial score (nSPS) is 21.1. The Bertz CT molecular complexity index is 1140. The number of hydrogen-bond acceptors (Lipinski definition) is 6. The van der Waals surface area contributed by atoms with Crippen LogP contribution in [0.1, 0.15) is 40.0 Å². The number of halogens is 1. The van der Waals surface area contributed by atoms with E-state index in [0.29, 0.717) is 19.5 Å². The first-order valence-corrected chi connectivity index (χ1v) is 12.7. The largest absolute Gasteiger partial charge is 0.357 e. The second kappa shape index (κ2) is 10.5. The van der Waals surface area contributed by atoms with Gasteiger partial charge in [-0.05, 0) is 42.5 Å². The lowest BCUT2D eigenvalue weighted by Gasteiger charge is -2.39. The number of Topliss-reactive ketones (excluding diaryl/α,β-unsaturated/α-hetero) is 1. The number of nitrogens with one attached hydrogen (secondary N) is 1. The van der Waals surface area contributed by atoms with Gasteiger partial charge in [0.1, 0.15) is 5.82 Å². The highest BCUT2D eigenvalue weighted by Gasteiger charge is 2.40. The maximum Gasteiger partial charge on any atom is 0.242 e. The average molecular weight is 510 g/mol. The van der Waals surface area contributed by atoms with Gasteiger partial charge >= 0.3 is 0 Å². The zero-order valence-corrected chi connectivity index (χ0v) is 22.2. The van der Waals surface area contributed by atoms with Gasteiger partial charge in [0.05, 0.1) is 24.0 Å². The Kier molecular flexibility index (Phi) is 7.59. The van der Waals surface area contributed by atoms with Gasteiger partial charge in [0.25, 0.3) is 0 Å². The van der Waals surface area contributed by atoms with Crippen molar-refractivity contribution >= 4 is 41.3 Å². The summed E-state index contributed by atoms with van der Waals surface area (Å²) < 4.78 is 0. The molecule has 0 spiro atoms. The summed E-state index contributed by atoms with van der Waals surface area (Å²) in [7, 11) is 0. The van der Waals surface area contributed by atoms with Crippen LogP contribution in [0.3, 0.4) is 0 Å².